The van der Waals surface area contributed by atoms with Crippen molar-refractivity contribution in [3.63, 3.8) is 0 Å². The fraction of sp³-hybridized carbons (Fsp3) is 0.875. The highest BCUT2D eigenvalue weighted by molar-refractivity contribution is 5.76. The number of hydrogen-bond acceptors (Lipinski definition) is 2. The molecule has 4 N–H and O–H groups in total. The normalized spacial score (nSPS) is 31.7. The third kappa shape index (κ3) is 2.19. The van der Waals surface area contributed by atoms with Gasteiger partial charge in [-0.2, -0.15) is 0 Å². The molecule has 1 saturated carbocycles. The quantitative estimate of drug-likeness (QED) is 0.601. The van der Waals surface area contributed by atoms with Crippen molar-refractivity contribution in [1.82, 2.24) is 0 Å². The monoisotopic (exact) mass is 156 g/mol. The summed E-state index contributed by atoms with van der Waals surface area (Å²) in [6.45, 7) is 0.698. The zero-order chi connectivity index (χ0) is 8.27. The Hall–Kier alpha value is -0.570. The van der Waals surface area contributed by atoms with Gasteiger partial charge in [0.15, 0.2) is 0 Å². The summed E-state index contributed by atoms with van der Waals surface area (Å²) in [5, 5.41) is 0. The van der Waals surface area contributed by atoms with Gasteiger partial charge in [-0.25, -0.2) is 0 Å². The molecular weight excluding hydrogens is 140 g/mol. The first-order valence-electron chi connectivity index (χ1n) is 4.23. The van der Waals surface area contributed by atoms with Gasteiger partial charge in [-0.1, -0.05) is 6.42 Å². The van der Waals surface area contributed by atoms with Crippen LogP contribution in [0.4, 0.5) is 0 Å². The largest absolute Gasteiger partial charge is 0.369 e. The Bertz CT molecular complexity index is 147. The zero-order valence-electron chi connectivity index (χ0n) is 6.75. The molecule has 0 radical (unpaired) electrons. The molecule has 1 rings (SSSR count). The Morgan fingerprint density at radius 1 is 1.45 bits per heavy atom. The second-order valence-corrected chi connectivity index (χ2v) is 3.37. The summed E-state index contributed by atoms with van der Waals surface area (Å²) in [7, 11) is 0. The van der Waals surface area contributed by atoms with E-state index in [0.29, 0.717) is 12.5 Å². The predicted molar refractivity (Wildman–Crippen MR) is 43.7 cm³/mol. The van der Waals surface area contributed by atoms with Crippen LogP contribution in [0.25, 0.3) is 0 Å². The molecule has 1 amide bonds. The Morgan fingerprint density at radius 2 is 2.18 bits per heavy atom. The molecule has 11 heavy (non-hydrogen) atoms. The molecule has 0 saturated heterocycles. The maximum Gasteiger partial charge on any atom is 0.220 e. The molecule has 2 unspecified atom stereocenters. The average molecular weight is 156 g/mol. The lowest BCUT2D eigenvalue weighted by atomic mass is 9.81. The second-order valence-electron chi connectivity index (χ2n) is 3.37. The molecule has 0 aromatic carbocycles. The minimum absolute atomic E-state index is 0.0947. The minimum atomic E-state index is -0.150. The Balaban J connectivity index is 2.39. The van der Waals surface area contributed by atoms with E-state index in [4.69, 9.17) is 11.5 Å². The first-order valence-corrected chi connectivity index (χ1v) is 4.23. The highest BCUT2D eigenvalue weighted by Gasteiger charge is 2.24. The lowest BCUT2D eigenvalue weighted by Gasteiger charge is -2.25. The fourth-order valence-corrected chi connectivity index (χ4v) is 1.76. The van der Waals surface area contributed by atoms with Gasteiger partial charge in [0.25, 0.3) is 0 Å². The SMILES string of the molecule is NCC1CCCC(C(N)=O)C1. The van der Waals surface area contributed by atoms with Gasteiger partial charge in [-0.3, -0.25) is 4.79 Å². The lowest BCUT2D eigenvalue weighted by Crippen LogP contribution is -2.31. The second kappa shape index (κ2) is 3.72. The summed E-state index contributed by atoms with van der Waals surface area (Å²) in [6, 6.07) is 0. The van der Waals surface area contributed by atoms with Crippen molar-refractivity contribution in [2.75, 3.05) is 6.54 Å². The van der Waals surface area contributed by atoms with E-state index in [1.165, 1.54) is 6.42 Å². The van der Waals surface area contributed by atoms with E-state index in [1.807, 2.05) is 0 Å². The van der Waals surface area contributed by atoms with Crippen LogP contribution in [0, 0.1) is 11.8 Å². The molecule has 64 valence electrons. The van der Waals surface area contributed by atoms with E-state index in [0.717, 1.165) is 19.3 Å². The predicted octanol–water partition coefficient (Wildman–Crippen LogP) is 0.237. The molecule has 1 aliphatic rings. The lowest BCUT2D eigenvalue weighted by molar-refractivity contribution is -0.123. The van der Waals surface area contributed by atoms with E-state index in [-0.39, 0.29) is 11.8 Å². The van der Waals surface area contributed by atoms with Crippen LogP contribution < -0.4 is 11.5 Å². The molecule has 0 heterocycles. The van der Waals surface area contributed by atoms with Gasteiger partial charge < -0.3 is 11.5 Å². The minimum Gasteiger partial charge on any atom is -0.369 e. The van der Waals surface area contributed by atoms with Crippen molar-refractivity contribution in [1.29, 1.82) is 0 Å². The van der Waals surface area contributed by atoms with E-state index in [2.05, 4.69) is 0 Å². The van der Waals surface area contributed by atoms with Gasteiger partial charge in [0, 0.05) is 5.92 Å². The van der Waals surface area contributed by atoms with Crippen molar-refractivity contribution in [2.24, 2.45) is 23.3 Å². The maximum absolute atomic E-state index is 10.8. The summed E-state index contributed by atoms with van der Waals surface area (Å²) in [6.07, 6.45) is 4.15. The van der Waals surface area contributed by atoms with Crippen LogP contribution in [-0.4, -0.2) is 12.5 Å². The van der Waals surface area contributed by atoms with Crippen LogP contribution >= 0.6 is 0 Å². The third-order valence-electron chi connectivity index (χ3n) is 2.52. The number of primary amides is 1. The molecular formula is C8H16N2O. The summed E-state index contributed by atoms with van der Waals surface area (Å²) in [5.41, 5.74) is 10.7. The van der Waals surface area contributed by atoms with Crippen molar-refractivity contribution in [2.45, 2.75) is 25.7 Å². The highest BCUT2D eigenvalue weighted by Crippen LogP contribution is 2.27. The highest BCUT2D eigenvalue weighted by atomic mass is 16.1. The van der Waals surface area contributed by atoms with Crippen molar-refractivity contribution >= 4 is 5.91 Å². The Morgan fingerprint density at radius 3 is 2.73 bits per heavy atom. The van der Waals surface area contributed by atoms with Crippen molar-refractivity contribution in [3.05, 3.63) is 0 Å². The molecule has 0 aromatic heterocycles. The smallest absolute Gasteiger partial charge is 0.220 e. The molecule has 1 aliphatic carbocycles. The molecule has 3 heteroatoms. The van der Waals surface area contributed by atoms with Crippen LogP contribution in [0.5, 0.6) is 0 Å². The summed E-state index contributed by atoms with van der Waals surface area (Å²) >= 11 is 0. The van der Waals surface area contributed by atoms with Crippen molar-refractivity contribution < 1.29 is 4.79 Å². The number of carbonyl (C=O) groups is 1. The van der Waals surface area contributed by atoms with Crippen LogP contribution in [0.3, 0.4) is 0 Å². The number of nitrogens with two attached hydrogens (primary N) is 2. The van der Waals surface area contributed by atoms with E-state index >= 15 is 0 Å². The van der Waals surface area contributed by atoms with Gasteiger partial charge in [-0.15, -0.1) is 0 Å². The number of amides is 1. The maximum atomic E-state index is 10.8. The molecule has 3 nitrogen and oxygen atoms in total. The number of hydrogen-bond donors (Lipinski definition) is 2. The molecule has 2 atom stereocenters. The standard InChI is InChI=1S/C8H16N2O/c9-5-6-2-1-3-7(4-6)8(10)11/h6-7H,1-5,9H2,(H2,10,11). The van der Waals surface area contributed by atoms with Crippen LogP contribution in [-0.2, 0) is 4.79 Å². The summed E-state index contributed by atoms with van der Waals surface area (Å²) in [5.74, 6) is 0.474. The average Bonchev–Trinajstić information content (AvgIpc) is 2.05. The molecule has 0 aromatic rings. The van der Waals surface area contributed by atoms with Gasteiger partial charge in [0.2, 0.25) is 5.91 Å². The zero-order valence-corrected chi connectivity index (χ0v) is 6.75. The van der Waals surface area contributed by atoms with Gasteiger partial charge in [0.1, 0.15) is 0 Å². The fourth-order valence-electron chi connectivity index (χ4n) is 1.76. The van der Waals surface area contributed by atoms with Crippen LogP contribution in [0.15, 0.2) is 0 Å². The first-order chi connectivity index (χ1) is 5.24. The van der Waals surface area contributed by atoms with E-state index in [1.54, 1.807) is 0 Å². The molecule has 1 fully saturated rings. The molecule has 0 bridgehead atoms. The van der Waals surface area contributed by atoms with Gasteiger partial charge in [-0.05, 0) is 31.7 Å². The summed E-state index contributed by atoms with van der Waals surface area (Å²) < 4.78 is 0. The molecule has 0 spiro atoms. The third-order valence-corrected chi connectivity index (χ3v) is 2.52. The van der Waals surface area contributed by atoms with Crippen molar-refractivity contribution in [3.8, 4) is 0 Å². The van der Waals surface area contributed by atoms with E-state index in [9.17, 15) is 4.79 Å². The Kier molecular flexibility index (Phi) is 2.88. The van der Waals surface area contributed by atoms with Crippen LogP contribution in [0.1, 0.15) is 25.7 Å². The van der Waals surface area contributed by atoms with Gasteiger partial charge >= 0.3 is 0 Å². The first kappa shape index (κ1) is 8.53. The topological polar surface area (TPSA) is 69.1 Å². The van der Waals surface area contributed by atoms with Gasteiger partial charge in [0.05, 0.1) is 0 Å². The number of carbonyl (C=O) groups excluding carboxylic acids is 1. The molecule has 0 aliphatic heterocycles. The Labute approximate surface area is 67.1 Å². The number of rotatable bonds is 2. The van der Waals surface area contributed by atoms with E-state index < -0.39 is 0 Å². The summed E-state index contributed by atoms with van der Waals surface area (Å²) in [4.78, 5) is 10.8. The van der Waals surface area contributed by atoms with Crippen LogP contribution in [0.2, 0.25) is 0 Å².